The van der Waals surface area contributed by atoms with Crippen molar-refractivity contribution in [3.05, 3.63) is 53.5 Å². The number of aryl methyl sites for hydroxylation is 1. The standard InChI is InChI=1S/C18H17NO4/c1-11(20)12(2)22-14-6-7-15-16(10-14)23-17(18(15)21)9-13-5-4-8-19(13)3/h4-10,12H,1-3H3. The number of carbonyl (C=O) groups is 2. The molecule has 23 heavy (non-hydrogen) atoms. The number of hydrogen-bond acceptors (Lipinski definition) is 4. The fourth-order valence-electron chi connectivity index (χ4n) is 2.29. The minimum absolute atomic E-state index is 0.0632. The van der Waals surface area contributed by atoms with Crippen LogP contribution in [0.15, 0.2) is 42.3 Å². The predicted octanol–water partition coefficient (Wildman–Crippen LogP) is 3.00. The lowest BCUT2D eigenvalue weighted by atomic mass is 10.1. The van der Waals surface area contributed by atoms with Crippen molar-refractivity contribution in [3.63, 3.8) is 0 Å². The summed E-state index contributed by atoms with van der Waals surface area (Å²) in [6.07, 6.45) is 3.07. The summed E-state index contributed by atoms with van der Waals surface area (Å²) >= 11 is 0. The number of fused-ring (bicyclic) bond motifs is 1. The highest BCUT2D eigenvalue weighted by atomic mass is 16.5. The van der Waals surface area contributed by atoms with Crippen molar-refractivity contribution in [2.24, 2.45) is 7.05 Å². The molecule has 0 saturated carbocycles. The SMILES string of the molecule is CC(=O)C(C)Oc1ccc2c(c1)OC(=Cc1cccn1C)C2=O. The fraction of sp³-hybridized carbons (Fsp3) is 0.222. The summed E-state index contributed by atoms with van der Waals surface area (Å²) < 4.78 is 13.1. The van der Waals surface area contributed by atoms with Crippen molar-refractivity contribution in [2.75, 3.05) is 0 Å². The van der Waals surface area contributed by atoms with Crippen LogP contribution in [0.5, 0.6) is 11.5 Å². The van der Waals surface area contributed by atoms with Crippen LogP contribution in [0.1, 0.15) is 29.9 Å². The summed E-state index contributed by atoms with van der Waals surface area (Å²) in [6, 6.07) is 8.76. The van der Waals surface area contributed by atoms with Crippen LogP contribution in [-0.4, -0.2) is 22.2 Å². The molecule has 5 heteroatoms. The Morgan fingerprint density at radius 1 is 1.35 bits per heavy atom. The number of allylic oxidation sites excluding steroid dienone is 1. The Hall–Kier alpha value is -2.82. The molecule has 1 aliphatic rings. The molecular weight excluding hydrogens is 294 g/mol. The van der Waals surface area contributed by atoms with Gasteiger partial charge in [0.05, 0.1) is 5.56 Å². The van der Waals surface area contributed by atoms with Crippen LogP contribution < -0.4 is 9.47 Å². The van der Waals surface area contributed by atoms with Crippen molar-refractivity contribution in [1.29, 1.82) is 0 Å². The molecule has 0 N–H and O–H groups in total. The van der Waals surface area contributed by atoms with Gasteiger partial charge in [0.15, 0.2) is 17.6 Å². The normalized spacial score (nSPS) is 16.1. The Bertz CT molecular complexity index is 816. The number of carbonyl (C=O) groups excluding carboxylic acids is 2. The molecule has 2 heterocycles. The van der Waals surface area contributed by atoms with E-state index in [2.05, 4.69) is 0 Å². The summed E-state index contributed by atoms with van der Waals surface area (Å²) in [5.74, 6) is 1.00. The van der Waals surface area contributed by atoms with Gasteiger partial charge in [0.1, 0.15) is 11.5 Å². The first-order valence-electron chi connectivity index (χ1n) is 7.32. The van der Waals surface area contributed by atoms with Gasteiger partial charge in [0, 0.05) is 31.1 Å². The number of ether oxygens (including phenoxy) is 2. The largest absolute Gasteiger partial charge is 0.483 e. The fourth-order valence-corrected chi connectivity index (χ4v) is 2.29. The summed E-state index contributed by atoms with van der Waals surface area (Å²) in [7, 11) is 1.90. The van der Waals surface area contributed by atoms with Crippen LogP contribution in [0.2, 0.25) is 0 Å². The van der Waals surface area contributed by atoms with Crippen LogP contribution in [-0.2, 0) is 11.8 Å². The molecule has 0 spiro atoms. The summed E-state index contributed by atoms with van der Waals surface area (Å²) in [5.41, 5.74) is 1.37. The van der Waals surface area contributed by atoms with E-state index < -0.39 is 6.10 Å². The van der Waals surface area contributed by atoms with Gasteiger partial charge in [-0.3, -0.25) is 9.59 Å². The molecule has 0 radical (unpaired) electrons. The lowest BCUT2D eigenvalue weighted by molar-refractivity contribution is -0.122. The highest BCUT2D eigenvalue weighted by molar-refractivity contribution is 6.14. The molecular formula is C18H17NO4. The highest BCUT2D eigenvalue weighted by Gasteiger charge is 2.28. The molecule has 1 unspecified atom stereocenters. The summed E-state index contributed by atoms with van der Waals surface area (Å²) in [5, 5.41) is 0. The van der Waals surface area contributed by atoms with Gasteiger partial charge < -0.3 is 14.0 Å². The molecule has 0 saturated heterocycles. The maximum atomic E-state index is 12.4. The van der Waals surface area contributed by atoms with E-state index in [4.69, 9.17) is 9.47 Å². The van der Waals surface area contributed by atoms with Crippen molar-refractivity contribution < 1.29 is 19.1 Å². The summed E-state index contributed by atoms with van der Waals surface area (Å²) in [6.45, 7) is 3.15. The van der Waals surface area contributed by atoms with E-state index in [9.17, 15) is 9.59 Å². The van der Waals surface area contributed by atoms with E-state index in [0.29, 0.717) is 17.1 Å². The van der Waals surface area contributed by atoms with Gasteiger partial charge >= 0.3 is 0 Å². The van der Waals surface area contributed by atoms with Crippen LogP contribution in [0.3, 0.4) is 0 Å². The molecule has 0 fully saturated rings. The zero-order chi connectivity index (χ0) is 16.6. The number of aromatic nitrogens is 1. The monoisotopic (exact) mass is 311 g/mol. The first-order chi connectivity index (χ1) is 11.0. The maximum absolute atomic E-state index is 12.4. The van der Waals surface area contributed by atoms with E-state index in [1.165, 1.54) is 6.92 Å². The van der Waals surface area contributed by atoms with Crippen LogP contribution in [0.4, 0.5) is 0 Å². The first-order valence-corrected chi connectivity index (χ1v) is 7.32. The van der Waals surface area contributed by atoms with Gasteiger partial charge in [0.2, 0.25) is 5.78 Å². The van der Waals surface area contributed by atoms with Gasteiger partial charge in [-0.25, -0.2) is 0 Å². The second-order valence-corrected chi connectivity index (χ2v) is 5.51. The average molecular weight is 311 g/mol. The second kappa shape index (κ2) is 5.76. The number of benzene rings is 1. The Kier molecular flexibility index (Phi) is 3.78. The zero-order valence-electron chi connectivity index (χ0n) is 13.2. The third-order valence-electron chi connectivity index (χ3n) is 3.79. The minimum Gasteiger partial charge on any atom is -0.483 e. The van der Waals surface area contributed by atoms with Gasteiger partial charge in [-0.1, -0.05) is 0 Å². The predicted molar refractivity (Wildman–Crippen MR) is 85.6 cm³/mol. The number of hydrogen-bond donors (Lipinski definition) is 0. The lowest BCUT2D eigenvalue weighted by Gasteiger charge is -2.11. The lowest BCUT2D eigenvalue weighted by Crippen LogP contribution is -2.20. The van der Waals surface area contributed by atoms with Crippen molar-refractivity contribution in [3.8, 4) is 11.5 Å². The topological polar surface area (TPSA) is 57.5 Å². The molecule has 0 bridgehead atoms. The third-order valence-corrected chi connectivity index (χ3v) is 3.79. The van der Waals surface area contributed by atoms with E-state index in [1.807, 2.05) is 29.9 Å². The van der Waals surface area contributed by atoms with Gasteiger partial charge in [0.25, 0.3) is 0 Å². The first kappa shape index (κ1) is 15.1. The number of rotatable bonds is 4. The minimum atomic E-state index is -0.538. The van der Waals surface area contributed by atoms with E-state index in [-0.39, 0.29) is 17.3 Å². The molecule has 5 nitrogen and oxygen atoms in total. The van der Waals surface area contributed by atoms with Crippen molar-refractivity contribution >= 4 is 17.6 Å². The maximum Gasteiger partial charge on any atom is 0.232 e. The molecule has 0 aliphatic carbocycles. The Morgan fingerprint density at radius 3 is 2.78 bits per heavy atom. The number of ketones is 2. The molecule has 0 amide bonds. The Labute approximate surface area is 134 Å². The molecule has 118 valence electrons. The summed E-state index contributed by atoms with van der Waals surface area (Å²) in [4.78, 5) is 23.7. The molecule has 1 aromatic carbocycles. The van der Waals surface area contributed by atoms with Gasteiger partial charge in [-0.05, 0) is 38.1 Å². The van der Waals surface area contributed by atoms with E-state index >= 15 is 0 Å². The van der Waals surface area contributed by atoms with Crippen molar-refractivity contribution in [2.45, 2.75) is 20.0 Å². The van der Waals surface area contributed by atoms with E-state index in [0.717, 1.165) is 5.69 Å². The van der Waals surface area contributed by atoms with Crippen LogP contribution in [0, 0.1) is 0 Å². The third kappa shape index (κ3) is 2.90. The molecule has 2 aromatic rings. The smallest absolute Gasteiger partial charge is 0.232 e. The zero-order valence-corrected chi connectivity index (χ0v) is 13.2. The molecule has 1 aromatic heterocycles. The number of nitrogens with zero attached hydrogens (tertiary/aromatic N) is 1. The quantitative estimate of drug-likeness (QED) is 0.815. The molecule has 3 rings (SSSR count). The second-order valence-electron chi connectivity index (χ2n) is 5.51. The van der Waals surface area contributed by atoms with Crippen molar-refractivity contribution in [1.82, 2.24) is 4.57 Å². The van der Waals surface area contributed by atoms with Crippen LogP contribution >= 0.6 is 0 Å². The average Bonchev–Trinajstić information content (AvgIpc) is 3.04. The molecule has 1 atom stereocenters. The van der Waals surface area contributed by atoms with Gasteiger partial charge in [-0.2, -0.15) is 0 Å². The van der Waals surface area contributed by atoms with E-state index in [1.54, 1.807) is 31.2 Å². The van der Waals surface area contributed by atoms with Gasteiger partial charge in [-0.15, -0.1) is 0 Å². The Balaban J connectivity index is 1.86. The van der Waals surface area contributed by atoms with Crippen LogP contribution in [0.25, 0.3) is 6.08 Å². The number of Topliss-reactive ketones (excluding diaryl/α,β-unsaturated/α-hetero) is 2. The molecule has 1 aliphatic heterocycles. The highest BCUT2D eigenvalue weighted by Crippen LogP contribution is 2.35. The Morgan fingerprint density at radius 2 is 2.13 bits per heavy atom.